The van der Waals surface area contributed by atoms with Gasteiger partial charge in [-0.25, -0.2) is 0 Å². The number of rotatable bonds is 6. The lowest BCUT2D eigenvalue weighted by atomic mass is 9.86. The lowest BCUT2D eigenvalue weighted by Crippen LogP contribution is -2.43. The van der Waals surface area contributed by atoms with Crippen molar-refractivity contribution in [3.05, 3.63) is 54.1 Å². The van der Waals surface area contributed by atoms with Crippen LogP contribution in [0.2, 0.25) is 0 Å². The number of ether oxygens (including phenoxy) is 2. The molecule has 3 rings (SSSR count). The normalized spacial score (nSPS) is 15.8. The van der Waals surface area contributed by atoms with Crippen molar-refractivity contribution in [1.29, 1.82) is 0 Å². The summed E-state index contributed by atoms with van der Waals surface area (Å²) in [6.45, 7) is 0. The summed E-state index contributed by atoms with van der Waals surface area (Å²) in [6, 6.07) is 15.8. The van der Waals surface area contributed by atoms with E-state index in [0.29, 0.717) is 11.5 Å². The molecular formula is C20H23NO3. The van der Waals surface area contributed by atoms with Crippen LogP contribution in [0.15, 0.2) is 48.5 Å². The first-order chi connectivity index (χ1) is 11.7. The highest BCUT2D eigenvalue weighted by molar-refractivity contribution is 5.82. The highest BCUT2D eigenvalue weighted by Crippen LogP contribution is 2.47. The Labute approximate surface area is 143 Å². The van der Waals surface area contributed by atoms with E-state index in [9.17, 15) is 4.79 Å². The van der Waals surface area contributed by atoms with Gasteiger partial charge in [-0.05, 0) is 30.5 Å². The van der Waals surface area contributed by atoms with Crippen molar-refractivity contribution in [2.75, 3.05) is 19.1 Å². The molecule has 1 aliphatic rings. The van der Waals surface area contributed by atoms with Gasteiger partial charge in [-0.1, -0.05) is 43.2 Å². The third-order valence-electron chi connectivity index (χ3n) is 4.95. The van der Waals surface area contributed by atoms with Gasteiger partial charge in [-0.3, -0.25) is 4.79 Å². The standard InChI is InChI=1S/C20H23NO3/c1-23-17-10-11-19(24-2)18(14-17)21(15-22)20(12-6-7-13-20)16-8-4-3-5-9-16/h3-5,8-11,14-15H,6-7,12-13H2,1-2H3. The van der Waals surface area contributed by atoms with E-state index >= 15 is 0 Å². The molecule has 4 nitrogen and oxygen atoms in total. The van der Waals surface area contributed by atoms with Crippen LogP contribution in [0.3, 0.4) is 0 Å². The van der Waals surface area contributed by atoms with E-state index in [1.807, 2.05) is 41.3 Å². The second kappa shape index (κ2) is 6.95. The molecular weight excluding hydrogens is 302 g/mol. The Morgan fingerprint density at radius 3 is 2.29 bits per heavy atom. The molecule has 0 saturated heterocycles. The summed E-state index contributed by atoms with van der Waals surface area (Å²) in [6.07, 6.45) is 5.01. The van der Waals surface area contributed by atoms with Crippen LogP contribution in [-0.4, -0.2) is 20.6 Å². The van der Waals surface area contributed by atoms with E-state index in [4.69, 9.17) is 9.47 Å². The summed E-state index contributed by atoms with van der Waals surface area (Å²) in [4.78, 5) is 14.0. The maximum Gasteiger partial charge on any atom is 0.215 e. The monoisotopic (exact) mass is 325 g/mol. The number of nitrogens with zero attached hydrogens (tertiary/aromatic N) is 1. The van der Waals surface area contributed by atoms with Crippen LogP contribution in [0.5, 0.6) is 11.5 Å². The molecule has 0 spiro atoms. The van der Waals surface area contributed by atoms with Gasteiger partial charge in [0.2, 0.25) is 6.41 Å². The molecule has 1 fully saturated rings. The van der Waals surface area contributed by atoms with E-state index in [0.717, 1.165) is 37.8 Å². The Hall–Kier alpha value is -2.49. The molecule has 0 bridgehead atoms. The Morgan fingerprint density at radius 1 is 1.00 bits per heavy atom. The first-order valence-corrected chi connectivity index (χ1v) is 8.27. The van der Waals surface area contributed by atoms with Gasteiger partial charge in [-0.15, -0.1) is 0 Å². The number of carbonyl (C=O) groups is 1. The fraction of sp³-hybridized carbons (Fsp3) is 0.350. The first kappa shape index (κ1) is 16.4. The predicted octanol–water partition coefficient (Wildman–Crippen LogP) is 4.14. The number of methoxy groups -OCH3 is 2. The van der Waals surface area contributed by atoms with Gasteiger partial charge < -0.3 is 14.4 Å². The second-order valence-electron chi connectivity index (χ2n) is 6.12. The van der Waals surface area contributed by atoms with Crippen molar-refractivity contribution in [2.24, 2.45) is 0 Å². The van der Waals surface area contributed by atoms with Crippen molar-refractivity contribution in [3.8, 4) is 11.5 Å². The van der Waals surface area contributed by atoms with Gasteiger partial charge in [0.15, 0.2) is 0 Å². The third-order valence-corrected chi connectivity index (χ3v) is 4.95. The van der Waals surface area contributed by atoms with Gasteiger partial charge in [0.1, 0.15) is 11.5 Å². The summed E-state index contributed by atoms with van der Waals surface area (Å²) in [5.41, 5.74) is 1.58. The van der Waals surface area contributed by atoms with Gasteiger partial charge in [0.05, 0.1) is 25.4 Å². The summed E-state index contributed by atoms with van der Waals surface area (Å²) >= 11 is 0. The molecule has 1 amide bonds. The van der Waals surface area contributed by atoms with E-state index < -0.39 is 0 Å². The molecule has 0 heterocycles. The number of hydrogen-bond donors (Lipinski definition) is 0. The van der Waals surface area contributed by atoms with E-state index in [2.05, 4.69) is 12.1 Å². The van der Waals surface area contributed by atoms with Crippen molar-refractivity contribution in [2.45, 2.75) is 31.2 Å². The number of hydrogen-bond acceptors (Lipinski definition) is 3. The molecule has 2 aromatic carbocycles. The molecule has 1 saturated carbocycles. The number of carbonyl (C=O) groups excluding carboxylic acids is 1. The van der Waals surface area contributed by atoms with E-state index in [1.54, 1.807) is 14.2 Å². The van der Waals surface area contributed by atoms with E-state index in [1.165, 1.54) is 5.56 Å². The Balaban J connectivity index is 2.14. The fourth-order valence-corrected chi connectivity index (χ4v) is 3.75. The molecule has 1 aliphatic carbocycles. The SMILES string of the molecule is COc1ccc(OC)c(N(C=O)C2(c3ccccc3)CCCC2)c1. The Bertz CT molecular complexity index is 693. The van der Waals surface area contributed by atoms with Crippen LogP contribution < -0.4 is 14.4 Å². The smallest absolute Gasteiger partial charge is 0.215 e. The molecule has 4 heteroatoms. The molecule has 2 aromatic rings. The Morgan fingerprint density at radius 2 is 1.71 bits per heavy atom. The maximum absolute atomic E-state index is 12.2. The van der Waals surface area contributed by atoms with Crippen molar-refractivity contribution >= 4 is 12.1 Å². The minimum Gasteiger partial charge on any atom is -0.497 e. The number of amides is 1. The zero-order valence-electron chi connectivity index (χ0n) is 14.2. The average Bonchev–Trinajstić information content (AvgIpc) is 3.14. The average molecular weight is 325 g/mol. The lowest BCUT2D eigenvalue weighted by Gasteiger charge is -2.40. The Kier molecular flexibility index (Phi) is 4.74. The summed E-state index contributed by atoms with van der Waals surface area (Å²) in [5, 5.41) is 0. The zero-order valence-corrected chi connectivity index (χ0v) is 14.2. The predicted molar refractivity (Wildman–Crippen MR) is 94.7 cm³/mol. The van der Waals surface area contributed by atoms with Crippen LogP contribution in [0.4, 0.5) is 5.69 Å². The van der Waals surface area contributed by atoms with Crippen LogP contribution in [0.25, 0.3) is 0 Å². The van der Waals surface area contributed by atoms with Gasteiger partial charge in [0.25, 0.3) is 0 Å². The largest absolute Gasteiger partial charge is 0.497 e. The van der Waals surface area contributed by atoms with Crippen LogP contribution in [0, 0.1) is 0 Å². The van der Waals surface area contributed by atoms with Crippen LogP contribution in [0.1, 0.15) is 31.2 Å². The third kappa shape index (κ3) is 2.73. The number of benzene rings is 2. The topological polar surface area (TPSA) is 38.8 Å². The molecule has 0 atom stereocenters. The maximum atomic E-state index is 12.2. The molecule has 24 heavy (non-hydrogen) atoms. The zero-order chi connectivity index (χ0) is 17.0. The summed E-state index contributed by atoms with van der Waals surface area (Å²) in [5.74, 6) is 1.38. The summed E-state index contributed by atoms with van der Waals surface area (Å²) < 4.78 is 10.9. The van der Waals surface area contributed by atoms with Gasteiger partial charge in [0, 0.05) is 6.07 Å². The highest BCUT2D eigenvalue weighted by Gasteiger charge is 2.42. The summed E-state index contributed by atoms with van der Waals surface area (Å²) in [7, 11) is 3.25. The molecule has 0 radical (unpaired) electrons. The minimum absolute atomic E-state index is 0.331. The molecule has 0 N–H and O–H groups in total. The van der Waals surface area contributed by atoms with E-state index in [-0.39, 0.29) is 5.54 Å². The van der Waals surface area contributed by atoms with Crippen LogP contribution in [-0.2, 0) is 10.3 Å². The lowest BCUT2D eigenvalue weighted by molar-refractivity contribution is -0.108. The molecule has 0 aromatic heterocycles. The van der Waals surface area contributed by atoms with Crippen LogP contribution >= 0.6 is 0 Å². The van der Waals surface area contributed by atoms with Crippen molar-refractivity contribution < 1.29 is 14.3 Å². The molecule has 126 valence electrons. The van der Waals surface area contributed by atoms with Gasteiger partial charge >= 0.3 is 0 Å². The van der Waals surface area contributed by atoms with Crippen molar-refractivity contribution in [1.82, 2.24) is 0 Å². The first-order valence-electron chi connectivity index (χ1n) is 8.27. The van der Waals surface area contributed by atoms with Gasteiger partial charge in [-0.2, -0.15) is 0 Å². The quantitative estimate of drug-likeness (QED) is 0.749. The van der Waals surface area contributed by atoms with Crippen molar-refractivity contribution in [3.63, 3.8) is 0 Å². The molecule has 0 aliphatic heterocycles. The minimum atomic E-state index is -0.331. The molecule has 0 unspecified atom stereocenters. The highest BCUT2D eigenvalue weighted by atomic mass is 16.5. The fourth-order valence-electron chi connectivity index (χ4n) is 3.75. The number of anilines is 1. The second-order valence-corrected chi connectivity index (χ2v) is 6.12.